The Morgan fingerprint density at radius 3 is 2.57 bits per heavy atom. The molecule has 1 aliphatic heterocycles. The molecule has 5 nitrogen and oxygen atoms in total. The van der Waals surface area contributed by atoms with Gasteiger partial charge in [-0.1, -0.05) is 67.4 Å². The Bertz CT molecular complexity index is 1330. The van der Waals surface area contributed by atoms with Crippen LogP contribution in [0, 0.1) is 12.7 Å². The van der Waals surface area contributed by atoms with E-state index in [1.54, 1.807) is 12.1 Å². The normalized spacial score (nSPS) is 14.9. The number of halogens is 1. The number of benzene rings is 3. The molecule has 178 valence electrons. The summed E-state index contributed by atoms with van der Waals surface area (Å²) in [5, 5.41) is 7.54. The van der Waals surface area contributed by atoms with E-state index >= 15 is 0 Å². The number of H-pyrrole nitrogens is 1. The van der Waals surface area contributed by atoms with Gasteiger partial charge in [0.2, 0.25) is 0 Å². The first-order chi connectivity index (χ1) is 17.0. The van der Waals surface area contributed by atoms with Gasteiger partial charge in [-0.3, -0.25) is 9.89 Å². The first kappa shape index (κ1) is 22.8. The largest absolute Gasteiger partial charge is 0.494 e. The van der Waals surface area contributed by atoms with Gasteiger partial charge in [-0.2, -0.15) is 5.10 Å². The van der Waals surface area contributed by atoms with Gasteiger partial charge in [-0.25, -0.2) is 4.39 Å². The molecule has 35 heavy (non-hydrogen) atoms. The average Bonchev–Trinajstić information content (AvgIpc) is 3.40. The summed E-state index contributed by atoms with van der Waals surface area (Å²) in [6.45, 7) is 5.17. The van der Waals surface area contributed by atoms with Gasteiger partial charge in [0.05, 0.1) is 18.3 Å². The van der Waals surface area contributed by atoms with Crippen molar-refractivity contribution in [1.29, 1.82) is 0 Å². The number of rotatable bonds is 8. The number of carbonyl (C=O) groups is 1. The summed E-state index contributed by atoms with van der Waals surface area (Å²) in [7, 11) is 0. The first-order valence-electron chi connectivity index (χ1n) is 12.0. The topological polar surface area (TPSA) is 58.2 Å². The molecule has 0 fully saturated rings. The number of unbranched alkanes of at least 4 members (excludes halogenated alkanes) is 1. The molecule has 0 aliphatic carbocycles. The molecule has 0 bridgehead atoms. The van der Waals surface area contributed by atoms with Gasteiger partial charge in [-0.15, -0.1) is 0 Å². The summed E-state index contributed by atoms with van der Waals surface area (Å²) in [6.07, 6.45) is 2.03. The molecule has 0 saturated carbocycles. The molecule has 6 heteroatoms. The minimum Gasteiger partial charge on any atom is -0.494 e. The van der Waals surface area contributed by atoms with Crippen LogP contribution in [0.15, 0.2) is 72.8 Å². The smallest absolute Gasteiger partial charge is 0.273 e. The summed E-state index contributed by atoms with van der Waals surface area (Å²) < 4.78 is 19.5. The summed E-state index contributed by atoms with van der Waals surface area (Å²) in [4.78, 5) is 15.4. The van der Waals surface area contributed by atoms with E-state index in [2.05, 4.69) is 17.1 Å². The van der Waals surface area contributed by atoms with Crippen LogP contribution in [-0.4, -0.2) is 27.6 Å². The number of fused-ring (bicyclic) bond motifs is 1. The van der Waals surface area contributed by atoms with Crippen LogP contribution in [0.4, 0.5) is 4.39 Å². The lowest BCUT2D eigenvalue weighted by Crippen LogP contribution is -2.29. The molecule has 0 saturated heterocycles. The van der Waals surface area contributed by atoms with Crippen molar-refractivity contribution in [2.24, 2.45) is 0 Å². The molecule has 2 heterocycles. The van der Waals surface area contributed by atoms with Crippen LogP contribution in [0.1, 0.15) is 58.5 Å². The number of aryl methyl sites for hydroxylation is 1. The molecule has 1 atom stereocenters. The third-order valence-corrected chi connectivity index (χ3v) is 6.40. The van der Waals surface area contributed by atoms with Gasteiger partial charge in [0, 0.05) is 17.7 Å². The predicted octanol–water partition coefficient (Wildman–Crippen LogP) is 6.45. The molecule has 1 amide bonds. The van der Waals surface area contributed by atoms with Gasteiger partial charge in [0.15, 0.2) is 0 Å². The maximum atomic E-state index is 13.6. The molecule has 1 N–H and O–H groups in total. The maximum Gasteiger partial charge on any atom is 0.273 e. The number of ether oxygens (including phenoxy) is 1. The zero-order chi connectivity index (χ0) is 24.4. The van der Waals surface area contributed by atoms with E-state index in [1.165, 1.54) is 12.1 Å². The van der Waals surface area contributed by atoms with E-state index in [9.17, 15) is 9.18 Å². The lowest BCUT2D eigenvalue weighted by molar-refractivity contribution is 0.0729. The van der Waals surface area contributed by atoms with E-state index in [4.69, 9.17) is 4.74 Å². The Kier molecular flexibility index (Phi) is 6.36. The highest BCUT2D eigenvalue weighted by Gasteiger charge is 2.42. The monoisotopic (exact) mass is 469 g/mol. The highest BCUT2D eigenvalue weighted by atomic mass is 19.1. The summed E-state index contributed by atoms with van der Waals surface area (Å²) in [5.74, 6) is 0.350. The fourth-order valence-electron chi connectivity index (χ4n) is 4.53. The number of amides is 1. The number of nitrogens with zero attached hydrogens (tertiary/aromatic N) is 2. The summed E-state index contributed by atoms with van der Waals surface area (Å²) in [6, 6.07) is 22.0. The van der Waals surface area contributed by atoms with E-state index in [0.29, 0.717) is 18.8 Å². The van der Waals surface area contributed by atoms with Gasteiger partial charge in [0.1, 0.15) is 17.3 Å². The third-order valence-electron chi connectivity index (χ3n) is 6.40. The van der Waals surface area contributed by atoms with E-state index in [-0.39, 0.29) is 17.8 Å². The van der Waals surface area contributed by atoms with Crippen molar-refractivity contribution in [3.63, 3.8) is 0 Å². The molecule has 1 aliphatic rings. The van der Waals surface area contributed by atoms with Crippen LogP contribution in [0.5, 0.6) is 5.75 Å². The Labute approximate surface area is 204 Å². The second-order valence-corrected chi connectivity index (χ2v) is 8.96. The number of hydrogen-bond acceptors (Lipinski definition) is 3. The number of aromatic amines is 1. The molecule has 1 aromatic heterocycles. The lowest BCUT2D eigenvalue weighted by atomic mass is 9.95. The quantitative estimate of drug-likeness (QED) is 0.302. The van der Waals surface area contributed by atoms with Crippen LogP contribution in [0.25, 0.3) is 11.3 Å². The van der Waals surface area contributed by atoms with Crippen LogP contribution < -0.4 is 4.74 Å². The zero-order valence-corrected chi connectivity index (χ0v) is 19.9. The molecular formula is C29H28FN3O2. The Morgan fingerprint density at radius 1 is 1.06 bits per heavy atom. The molecular weight excluding hydrogens is 441 g/mol. The third kappa shape index (κ3) is 4.56. The van der Waals surface area contributed by atoms with Crippen molar-refractivity contribution >= 4 is 5.91 Å². The second kappa shape index (κ2) is 9.74. The fourth-order valence-corrected chi connectivity index (χ4v) is 4.53. The standard InChI is InChI=1S/C29H28FN3O2/c1-3-4-16-35-24-7-5-6-22(17-24)28-25-26(21-12-8-19(2)9-13-21)31-32-27(25)29(34)33(28)18-20-10-14-23(30)15-11-20/h5-15,17,28H,3-4,16,18H2,1-2H3,(H,31,32). The molecule has 4 aromatic rings. The SMILES string of the molecule is CCCCOc1cccc(C2c3c(-c4ccc(C)cc4)n[nH]c3C(=O)N2Cc2ccc(F)cc2)c1. The molecule has 5 rings (SSSR count). The maximum absolute atomic E-state index is 13.6. The van der Waals surface area contributed by atoms with Crippen LogP contribution in [0.2, 0.25) is 0 Å². The summed E-state index contributed by atoms with van der Waals surface area (Å²) in [5.41, 5.74) is 6.01. The van der Waals surface area contributed by atoms with Crippen LogP contribution >= 0.6 is 0 Å². The van der Waals surface area contributed by atoms with Crippen molar-refractivity contribution in [2.75, 3.05) is 6.61 Å². The van der Waals surface area contributed by atoms with E-state index in [0.717, 1.165) is 52.1 Å². The number of hydrogen-bond donors (Lipinski definition) is 1. The molecule has 1 unspecified atom stereocenters. The summed E-state index contributed by atoms with van der Waals surface area (Å²) >= 11 is 0. The molecule has 0 radical (unpaired) electrons. The van der Waals surface area contributed by atoms with Gasteiger partial charge in [0.25, 0.3) is 5.91 Å². The number of carbonyl (C=O) groups excluding carboxylic acids is 1. The van der Waals surface area contributed by atoms with Gasteiger partial charge >= 0.3 is 0 Å². The average molecular weight is 470 g/mol. The van der Waals surface area contributed by atoms with Crippen molar-refractivity contribution in [1.82, 2.24) is 15.1 Å². The second-order valence-electron chi connectivity index (χ2n) is 8.96. The van der Waals surface area contributed by atoms with E-state index < -0.39 is 0 Å². The van der Waals surface area contributed by atoms with Crippen molar-refractivity contribution in [3.8, 4) is 17.0 Å². The van der Waals surface area contributed by atoms with Gasteiger partial charge in [-0.05, 0) is 48.7 Å². The highest BCUT2D eigenvalue weighted by Crippen LogP contribution is 2.44. The highest BCUT2D eigenvalue weighted by molar-refractivity contribution is 6.00. The zero-order valence-electron chi connectivity index (χ0n) is 19.9. The van der Waals surface area contributed by atoms with Gasteiger partial charge < -0.3 is 9.64 Å². The fraction of sp³-hybridized carbons (Fsp3) is 0.241. The predicted molar refractivity (Wildman–Crippen MR) is 134 cm³/mol. The number of aromatic nitrogens is 2. The Hall–Kier alpha value is -3.93. The van der Waals surface area contributed by atoms with Crippen LogP contribution in [-0.2, 0) is 6.54 Å². The number of nitrogens with one attached hydrogen (secondary N) is 1. The van der Waals surface area contributed by atoms with E-state index in [1.807, 2.05) is 60.4 Å². The van der Waals surface area contributed by atoms with Crippen molar-refractivity contribution in [3.05, 3.63) is 107 Å². The molecule has 0 spiro atoms. The minimum atomic E-state index is -0.354. The first-order valence-corrected chi connectivity index (χ1v) is 12.0. The Balaban J connectivity index is 1.58. The Morgan fingerprint density at radius 2 is 1.83 bits per heavy atom. The van der Waals surface area contributed by atoms with Crippen LogP contribution in [0.3, 0.4) is 0 Å². The minimum absolute atomic E-state index is 0.127. The van der Waals surface area contributed by atoms with Crippen molar-refractivity contribution < 1.29 is 13.9 Å². The van der Waals surface area contributed by atoms with Crippen molar-refractivity contribution in [2.45, 2.75) is 39.3 Å². The lowest BCUT2D eigenvalue weighted by Gasteiger charge is -2.27. The molecule has 3 aromatic carbocycles.